The molecule has 0 spiro atoms. The number of hydrogen-bond donors (Lipinski definition) is 2. The first-order chi connectivity index (χ1) is 7.53. The topological polar surface area (TPSA) is 74.2 Å². The van der Waals surface area contributed by atoms with Crippen molar-refractivity contribution in [1.29, 1.82) is 5.26 Å². The summed E-state index contributed by atoms with van der Waals surface area (Å²) in [5, 5.41) is 12.1. The maximum absolute atomic E-state index is 8.85. The number of nitriles is 1. The molecule has 1 aliphatic rings. The predicted octanol–water partition coefficient (Wildman–Crippen LogP) is 1.77. The van der Waals surface area contributed by atoms with E-state index in [1.54, 1.807) is 0 Å². The van der Waals surface area contributed by atoms with Gasteiger partial charge < -0.3 is 11.1 Å². The average molecular weight is 222 g/mol. The summed E-state index contributed by atoms with van der Waals surface area (Å²) in [7, 11) is 0. The van der Waals surface area contributed by atoms with E-state index in [1.165, 1.54) is 32.1 Å². The van der Waals surface area contributed by atoms with Gasteiger partial charge in [-0.2, -0.15) is 5.26 Å². The molecule has 3 N–H and O–H groups in total. The van der Waals surface area contributed by atoms with Crippen molar-refractivity contribution in [3.8, 4) is 6.07 Å². The van der Waals surface area contributed by atoms with Crippen LogP contribution in [0.15, 0.2) is 4.99 Å². The van der Waals surface area contributed by atoms with Gasteiger partial charge in [0.1, 0.15) is 0 Å². The van der Waals surface area contributed by atoms with Gasteiger partial charge in [0, 0.05) is 6.04 Å². The fourth-order valence-corrected chi connectivity index (χ4v) is 1.82. The number of aliphatic imine (C=N–C) groups is 1. The van der Waals surface area contributed by atoms with Gasteiger partial charge in [-0.25, -0.2) is 0 Å². The summed E-state index contributed by atoms with van der Waals surface area (Å²) in [5.74, 6) is 0.482. The molecule has 0 unspecified atom stereocenters. The summed E-state index contributed by atoms with van der Waals surface area (Å²) in [6.45, 7) is 4.18. The van der Waals surface area contributed by atoms with Crippen molar-refractivity contribution in [2.75, 3.05) is 6.54 Å². The van der Waals surface area contributed by atoms with E-state index in [2.05, 4.69) is 16.4 Å². The second-order valence-corrected chi connectivity index (χ2v) is 5.18. The van der Waals surface area contributed by atoms with Crippen molar-refractivity contribution in [2.24, 2.45) is 16.1 Å². The number of hydrogen-bond acceptors (Lipinski definition) is 2. The van der Waals surface area contributed by atoms with E-state index >= 15 is 0 Å². The number of rotatable bonds is 3. The Labute approximate surface area is 97.9 Å². The Morgan fingerprint density at radius 3 is 2.62 bits per heavy atom. The molecule has 0 heterocycles. The van der Waals surface area contributed by atoms with Crippen LogP contribution in [0.3, 0.4) is 0 Å². The minimum Gasteiger partial charge on any atom is -0.370 e. The average Bonchev–Trinajstić information content (AvgIpc) is 2.28. The summed E-state index contributed by atoms with van der Waals surface area (Å²) in [6.07, 6.45) is 6.23. The molecule has 0 saturated heterocycles. The monoisotopic (exact) mass is 222 g/mol. The lowest BCUT2D eigenvalue weighted by molar-refractivity contribution is 0.411. The van der Waals surface area contributed by atoms with Gasteiger partial charge in [-0.3, -0.25) is 4.99 Å². The van der Waals surface area contributed by atoms with Crippen LogP contribution in [0.4, 0.5) is 0 Å². The highest BCUT2D eigenvalue weighted by Crippen LogP contribution is 2.17. The van der Waals surface area contributed by atoms with E-state index in [-0.39, 0.29) is 0 Å². The normalized spacial score (nSPS) is 19.2. The van der Waals surface area contributed by atoms with Crippen LogP contribution in [0.5, 0.6) is 0 Å². The molecule has 1 rings (SSSR count). The van der Waals surface area contributed by atoms with Crippen molar-refractivity contribution < 1.29 is 0 Å². The SMILES string of the molecule is CC(C)(C#N)CN=C(N)NC1CCCCC1. The van der Waals surface area contributed by atoms with Crippen LogP contribution in [0, 0.1) is 16.7 Å². The summed E-state index contributed by atoms with van der Waals surface area (Å²) in [5.41, 5.74) is 5.36. The molecule has 0 atom stereocenters. The third kappa shape index (κ3) is 4.52. The van der Waals surface area contributed by atoms with Crippen LogP contribution < -0.4 is 11.1 Å². The lowest BCUT2D eigenvalue weighted by atomic mass is 9.95. The van der Waals surface area contributed by atoms with E-state index in [9.17, 15) is 0 Å². The Kier molecular flexibility index (Phi) is 4.60. The van der Waals surface area contributed by atoms with Gasteiger partial charge >= 0.3 is 0 Å². The molecule has 0 aromatic heterocycles. The molecule has 4 nitrogen and oxygen atoms in total. The number of nitrogens with one attached hydrogen (secondary N) is 1. The van der Waals surface area contributed by atoms with Crippen LogP contribution >= 0.6 is 0 Å². The molecule has 1 saturated carbocycles. The smallest absolute Gasteiger partial charge is 0.188 e. The lowest BCUT2D eigenvalue weighted by Gasteiger charge is -2.23. The van der Waals surface area contributed by atoms with E-state index in [0.717, 1.165) is 0 Å². The molecule has 0 aromatic carbocycles. The largest absolute Gasteiger partial charge is 0.370 e. The van der Waals surface area contributed by atoms with Crippen LogP contribution in [0.1, 0.15) is 46.0 Å². The minimum atomic E-state index is -0.432. The maximum atomic E-state index is 8.85. The number of guanidine groups is 1. The second kappa shape index (κ2) is 5.74. The van der Waals surface area contributed by atoms with E-state index in [4.69, 9.17) is 11.0 Å². The maximum Gasteiger partial charge on any atom is 0.188 e. The molecule has 0 bridgehead atoms. The summed E-state index contributed by atoms with van der Waals surface area (Å²) >= 11 is 0. The van der Waals surface area contributed by atoms with Gasteiger partial charge in [0.15, 0.2) is 5.96 Å². The van der Waals surface area contributed by atoms with Gasteiger partial charge in [-0.1, -0.05) is 19.3 Å². The minimum absolute atomic E-state index is 0.432. The molecule has 0 aromatic rings. The molecule has 16 heavy (non-hydrogen) atoms. The molecule has 0 amide bonds. The molecule has 4 heteroatoms. The molecule has 0 radical (unpaired) electrons. The zero-order valence-corrected chi connectivity index (χ0v) is 10.3. The Morgan fingerprint density at radius 1 is 1.44 bits per heavy atom. The zero-order chi connectivity index (χ0) is 12.0. The van der Waals surface area contributed by atoms with Crippen LogP contribution in [-0.2, 0) is 0 Å². The van der Waals surface area contributed by atoms with Crippen molar-refractivity contribution in [1.82, 2.24) is 5.32 Å². The van der Waals surface area contributed by atoms with Crippen molar-refractivity contribution in [2.45, 2.75) is 52.0 Å². The van der Waals surface area contributed by atoms with Crippen molar-refractivity contribution in [3.05, 3.63) is 0 Å². The predicted molar refractivity (Wildman–Crippen MR) is 65.9 cm³/mol. The van der Waals surface area contributed by atoms with Crippen LogP contribution in [0.25, 0.3) is 0 Å². The standard InChI is InChI=1S/C12H22N4/c1-12(2,8-13)9-15-11(14)16-10-6-4-3-5-7-10/h10H,3-7,9H2,1-2H3,(H3,14,15,16). The second-order valence-electron chi connectivity index (χ2n) is 5.18. The summed E-state index contributed by atoms with van der Waals surface area (Å²) in [6, 6.07) is 2.68. The van der Waals surface area contributed by atoms with Gasteiger partial charge in [0.25, 0.3) is 0 Å². The van der Waals surface area contributed by atoms with Crippen molar-refractivity contribution >= 4 is 5.96 Å². The van der Waals surface area contributed by atoms with Gasteiger partial charge in [0.05, 0.1) is 18.0 Å². The third-order valence-corrected chi connectivity index (χ3v) is 2.90. The molecule has 0 aliphatic heterocycles. The summed E-state index contributed by atoms with van der Waals surface area (Å²) in [4.78, 5) is 4.22. The Balaban J connectivity index is 2.36. The number of nitrogens with two attached hydrogens (primary N) is 1. The van der Waals surface area contributed by atoms with Gasteiger partial charge in [-0.15, -0.1) is 0 Å². The Morgan fingerprint density at radius 2 is 2.06 bits per heavy atom. The fraction of sp³-hybridized carbons (Fsp3) is 0.833. The first-order valence-electron chi connectivity index (χ1n) is 6.01. The first-order valence-corrected chi connectivity index (χ1v) is 6.01. The van der Waals surface area contributed by atoms with E-state index in [0.29, 0.717) is 18.5 Å². The first kappa shape index (κ1) is 12.8. The van der Waals surface area contributed by atoms with Crippen molar-refractivity contribution in [3.63, 3.8) is 0 Å². The highest BCUT2D eigenvalue weighted by atomic mass is 15.1. The fourth-order valence-electron chi connectivity index (χ4n) is 1.82. The van der Waals surface area contributed by atoms with Gasteiger partial charge in [0.2, 0.25) is 0 Å². The van der Waals surface area contributed by atoms with Gasteiger partial charge in [-0.05, 0) is 26.7 Å². The summed E-state index contributed by atoms with van der Waals surface area (Å²) < 4.78 is 0. The molecule has 90 valence electrons. The Bertz CT molecular complexity index is 282. The van der Waals surface area contributed by atoms with Crippen LogP contribution in [-0.4, -0.2) is 18.5 Å². The number of nitrogens with zero attached hydrogens (tertiary/aromatic N) is 2. The quantitative estimate of drug-likeness (QED) is 0.564. The van der Waals surface area contributed by atoms with E-state index in [1.807, 2.05) is 13.8 Å². The zero-order valence-electron chi connectivity index (χ0n) is 10.3. The lowest BCUT2D eigenvalue weighted by Crippen LogP contribution is -2.41. The molecule has 1 aliphatic carbocycles. The molecular formula is C12H22N4. The molecular weight excluding hydrogens is 200 g/mol. The highest BCUT2D eigenvalue weighted by Gasteiger charge is 2.17. The molecule has 1 fully saturated rings. The van der Waals surface area contributed by atoms with Crippen LogP contribution in [0.2, 0.25) is 0 Å². The third-order valence-electron chi connectivity index (χ3n) is 2.90. The van der Waals surface area contributed by atoms with E-state index < -0.39 is 5.41 Å². The highest BCUT2D eigenvalue weighted by molar-refractivity contribution is 5.78. The Hall–Kier alpha value is -1.24.